The van der Waals surface area contributed by atoms with E-state index in [-0.39, 0.29) is 29.3 Å². The Balaban J connectivity index is 1.72. The number of carboxylic acids is 1. The Morgan fingerprint density at radius 3 is 2.54 bits per heavy atom. The molecule has 2 aromatic rings. The van der Waals surface area contributed by atoms with E-state index in [9.17, 15) is 18.4 Å². The lowest BCUT2D eigenvalue weighted by atomic mass is 10.1. The van der Waals surface area contributed by atoms with Gasteiger partial charge in [-0.15, -0.1) is 0 Å². The second-order valence-corrected chi connectivity index (χ2v) is 6.16. The monoisotopic (exact) mass is 364 g/mol. The maximum Gasteiger partial charge on any atom is 0.311 e. The summed E-state index contributed by atoms with van der Waals surface area (Å²) in [5, 5.41) is 8.94. The Kier molecular flexibility index (Phi) is 4.92. The van der Waals surface area contributed by atoms with E-state index in [0.29, 0.717) is 31.7 Å². The van der Waals surface area contributed by atoms with E-state index in [1.165, 1.54) is 6.26 Å². The van der Waals surface area contributed by atoms with Crippen molar-refractivity contribution in [3.63, 3.8) is 0 Å². The maximum absolute atomic E-state index is 13.9. The van der Waals surface area contributed by atoms with Gasteiger partial charge in [0, 0.05) is 37.8 Å². The number of hydrogen-bond donors (Lipinski definition) is 1. The van der Waals surface area contributed by atoms with Crippen LogP contribution in [-0.2, 0) is 11.2 Å². The van der Waals surface area contributed by atoms with Crippen LogP contribution in [0.5, 0.6) is 0 Å². The number of nitrogens with zero attached hydrogens (tertiary/aromatic N) is 2. The Hall–Kier alpha value is -2.90. The number of aliphatic carboxylic acids is 1. The third-order valence-electron chi connectivity index (χ3n) is 4.39. The molecule has 1 N–H and O–H groups in total. The SMILES string of the molecule is Cc1coc(CC(=O)O)c1C(=O)N1CCN(c2cc(F)ccc2F)CC1. The van der Waals surface area contributed by atoms with Crippen molar-refractivity contribution < 1.29 is 27.9 Å². The van der Waals surface area contributed by atoms with Gasteiger partial charge in [0.2, 0.25) is 0 Å². The summed E-state index contributed by atoms with van der Waals surface area (Å²) >= 11 is 0. The molecule has 2 heterocycles. The van der Waals surface area contributed by atoms with Gasteiger partial charge < -0.3 is 19.3 Å². The number of aryl methyl sites for hydroxylation is 1. The van der Waals surface area contributed by atoms with E-state index in [4.69, 9.17) is 9.52 Å². The molecular formula is C18H18F2N2O4. The average Bonchev–Trinajstić information content (AvgIpc) is 2.96. The smallest absolute Gasteiger partial charge is 0.311 e. The average molecular weight is 364 g/mol. The van der Waals surface area contributed by atoms with Crippen LogP contribution >= 0.6 is 0 Å². The molecule has 138 valence electrons. The van der Waals surface area contributed by atoms with Gasteiger partial charge in [-0.25, -0.2) is 8.78 Å². The van der Waals surface area contributed by atoms with Crippen LogP contribution < -0.4 is 4.90 Å². The van der Waals surface area contributed by atoms with E-state index < -0.39 is 17.6 Å². The fourth-order valence-electron chi connectivity index (χ4n) is 3.09. The lowest BCUT2D eigenvalue weighted by Crippen LogP contribution is -2.49. The van der Waals surface area contributed by atoms with Gasteiger partial charge in [-0.2, -0.15) is 0 Å². The standard InChI is InChI=1S/C18H18F2N2O4/c1-11-10-26-15(9-16(23)24)17(11)18(25)22-6-4-21(5-7-22)14-8-12(19)2-3-13(14)20/h2-3,8,10H,4-7,9H2,1H3,(H,23,24). The third kappa shape index (κ3) is 3.54. The molecule has 0 bridgehead atoms. The molecule has 6 nitrogen and oxygen atoms in total. The molecule has 0 radical (unpaired) electrons. The van der Waals surface area contributed by atoms with E-state index >= 15 is 0 Å². The molecule has 0 saturated carbocycles. The van der Waals surface area contributed by atoms with Gasteiger partial charge in [-0.3, -0.25) is 9.59 Å². The molecule has 1 saturated heterocycles. The molecule has 0 spiro atoms. The molecule has 0 unspecified atom stereocenters. The molecule has 1 aliphatic rings. The van der Waals surface area contributed by atoms with Gasteiger partial charge in [-0.1, -0.05) is 0 Å². The number of piperazine rings is 1. The number of anilines is 1. The predicted octanol–water partition coefficient (Wildman–Crippen LogP) is 2.46. The number of halogens is 2. The van der Waals surface area contributed by atoms with Gasteiger partial charge in [0.15, 0.2) is 0 Å². The van der Waals surface area contributed by atoms with Crippen molar-refractivity contribution >= 4 is 17.6 Å². The van der Waals surface area contributed by atoms with E-state index in [2.05, 4.69) is 0 Å². The summed E-state index contributed by atoms with van der Waals surface area (Å²) in [5.41, 5.74) is 1.01. The number of amides is 1. The fourth-order valence-corrected chi connectivity index (χ4v) is 3.09. The van der Waals surface area contributed by atoms with Crippen LogP contribution in [-0.4, -0.2) is 48.1 Å². The van der Waals surface area contributed by atoms with Gasteiger partial charge >= 0.3 is 5.97 Å². The topological polar surface area (TPSA) is 74.0 Å². The first-order valence-electron chi connectivity index (χ1n) is 8.15. The summed E-state index contributed by atoms with van der Waals surface area (Å²) in [6.07, 6.45) is 0.993. The molecule has 1 amide bonds. The van der Waals surface area contributed by atoms with Crippen LogP contribution in [0.1, 0.15) is 21.7 Å². The number of rotatable bonds is 4. The van der Waals surface area contributed by atoms with Crippen LogP contribution in [0.25, 0.3) is 0 Å². The minimum Gasteiger partial charge on any atom is -0.481 e. The summed E-state index contributed by atoms with van der Waals surface area (Å²) in [5.74, 6) is -2.31. The first-order chi connectivity index (χ1) is 12.4. The van der Waals surface area contributed by atoms with Crippen LogP contribution in [0.15, 0.2) is 28.9 Å². The largest absolute Gasteiger partial charge is 0.481 e. The van der Waals surface area contributed by atoms with Crippen LogP contribution in [0.4, 0.5) is 14.5 Å². The predicted molar refractivity (Wildman–Crippen MR) is 89.3 cm³/mol. The third-order valence-corrected chi connectivity index (χ3v) is 4.39. The molecule has 3 rings (SSSR count). The number of furan rings is 1. The van der Waals surface area contributed by atoms with Gasteiger partial charge in [-0.05, 0) is 19.1 Å². The quantitative estimate of drug-likeness (QED) is 0.902. The highest BCUT2D eigenvalue weighted by atomic mass is 19.1. The van der Waals surface area contributed by atoms with Crippen LogP contribution in [0, 0.1) is 18.6 Å². The van der Waals surface area contributed by atoms with Gasteiger partial charge in [0.1, 0.15) is 23.8 Å². The highest BCUT2D eigenvalue weighted by Gasteiger charge is 2.28. The lowest BCUT2D eigenvalue weighted by Gasteiger charge is -2.36. The molecule has 1 fully saturated rings. The molecule has 1 aliphatic heterocycles. The van der Waals surface area contributed by atoms with Crippen molar-refractivity contribution in [2.75, 3.05) is 31.1 Å². The Labute approximate surface area is 148 Å². The molecule has 0 aliphatic carbocycles. The van der Waals surface area contributed by atoms with E-state index in [0.717, 1.165) is 18.2 Å². The minimum absolute atomic E-state index is 0.124. The first kappa shape index (κ1) is 17.9. The molecule has 26 heavy (non-hydrogen) atoms. The van der Waals surface area contributed by atoms with Crippen LogP contribution in [0.2, 0.25) is 0 Å². The Morgan fingerprint density at radius 1 is 1.19 bits per heavy atom. The second kappa shape index (κ2) is 7.15. The van der Waals surface area contributed by atoms with Crippen molar-refractivity contribution in [3.8, 4) is 0 Å². The van der Waals surface area contributed by atoms with Gasteiger partial charge in [0.05, 0.1) is 17.5 Å². The molecule has 8 heteroatoms. The second-order valence-electron chi connectivity index (χ2n) is 6.16. The first-order valence-corrected chi connectivity index (χ1v) is 8.15. The van der Waals surface area contributed by atoms with Crippen molar-refractivity contribution in [1.29, 1.82) is 0 Å². The number of carboxylic acid groups (broad SMARTS) is 1. The molecule has 1 aromatic carbocycles. The maximum atomic E-state index is 13.9. The van der Waals surface area contributed by atoms with E-state index in [1.54, 1.807) is 16.7 Å². The zero-order valence-corrected chi connectivity index (χ0v) is 14.2. The fraction of sp³-hybridized carbons (Fsp3) is 0.333. The lowest BCUT2D eigenvalue weighted by molar-refractivity contribution is -0.136. The zero-order valence-electron chi connectivity index (χ0n) is 14.2. The Bertz CT molecular complexity index is 842. The highest BCUT2D eigenvalue weighted by Crippen LogP contribution is 2.24. The molecule has 0 atom stereocenters. The van der Waals surface area contributed by atoms with Crippen molar-refractivity contribution in [2.45, 2.75) is 13.3 Å². The van der Waals surface area contributed by atoms with Crippen molar-refractivity contribution in [2.24, 2.45) is 0 Å². The van der Waals surface area contributed by atoms with Crippen molar-refractivity contribution in [1.82, 2.24) is 4.90 Å². The number of carbonyl (C=O) groups excluding carboxylic acids is 1. The zero-order chi connectivity index (χ0) is 18.8. The highest BCUT2D eigenvalue weighted by molar-refractivity contribution is 5.97. The van der Waals surface area contributed by atoms with E-state index in [1.807, 2.05) is 0 Å². The Morgan fingerprint density at radius 2 is 1.88 bits per heavy atom. The van der Waals surface area contributed by atoms with Gasteiger partial charge in [0.25, 0.3) is 5.91 Å². The summed E-state index contributed by atoms with van der Waals surface area (Å²) in [6.45, 7) is 2.99. The normalized spacial score (nSPS) is 14.6. The summed E-state index contributed by atoms with van der Waals surface area (Å²) in [7, 11) is 0. The van der Waals surface area contributed by atoms with Crippen molar-refractivity contribution in [3.05, 3.63) is 53.0 Å². The molecular weight excluding hydrogens is 346 g/mol. The summed E-state index contributed by atoms with van der Waals surface area (Å²) < 4.78 is 32.5. The van der Waals surface area contributed by atoms with Crippen LogP contribution in [0.3, 0.4) is 0 Å². The summed E-state index contributed by atoms with van der Waals surface area (Å²) in [4.78, 5) is 26.9. The molecule has 1 aromatic heterocycles. The number of carbonyl (C=O) groups is 2. The minimum atomic E-state index is -1.08. The number of hydrogen-bond acceptors (Lipinski definition) is 4. The summed E-state index contributed by atoms with van der Waals surface area (Å²) in [6, 6.07) is 3.28. The number of benzene rings is 1.